The van der Waals surface area contributed by atoms with Crippen molar-refractivity contribution in [1.82, 2.24) is 9.97 Å². The van der Waals surface area contributed by atoms with Gasteiger partial charge in [-0.2, -0.15) is 0 Å². The Morgan fingerprint density at radius 2 is 1.89 bits per heavy atom. The molecular formula is C14H15ClFN3. The monoisotopic (exact) mass is 279 g/mol. The van der Waals surface area contributed by atoms with Crippen molar-refractivity contribution in [2.75, 3.05) is 11.9 Å². The molecule has 0 spiro atoms. The number of anilines is 1. The highest BCUT2D eigenvalue weighted by Crippen LogP contribution is 2.22. The molecule has 5 heteroatoms. The second-order valence-corrected chi connectivity index (χ2v) is 4.67. The van der Waals surface area contributed by atoms with Crippen molar-refractivity contribution in [3.8, 4) is 11.4 Å². The minimum Gasteiger partial charge on any atom is -0.368 e. The molecule has 0 fully saturated rings. The van der Waals surface area contributed by atoms with E-state index in [0.717, 1.165) is 12.0 Å². The van der Waals surface area contributed by atoms with Gasteiger partial charge in [-0.15, -0.1) is 0 Å². The van der Waals surface area contributed by atoms with Gasteiger partial charge in [-0.05, 0) is 37.6 Å². The van der Waals surface area contributed by atoms with Crippen LogP contribution in [0.5, 0.6) is 0 Å². The van der Waals surface area contributed by atoms with Crippen LogP contribution in [0.3, 0.4) is 0 Å². The third kappa shape index (κ3) is 3.20. The summed E-state index contributed by atoms with van der Waals surface area (Å²) in [6.07, 6.45) is 0.902. The van der Waals surface area contributed by atoms with Crippen molar-refractivity contribution in [3.63, 3.8) is 0 Å². The van der Waals surface area contributed by atoms with Crippen molar-refractivity contribution in [2.45, 2.75) is 20.3 Å². The summed E-state index contributed by atoms with van der Waals surface area (Å²) in [6.45, 7) is 4.32. The largest absolute Gasteiger partial charge is 0.368 e. The topological polar surface area (TPSA) is 37.8 Å². The standard InChI is InChI=1S/C14H15ClFN3/c1-3-8-17-14-12(16)9(2)18-13(19-14)10-4-6-11(15)7-5-10/h4-7H,3,8H2,1-2H3,(H,17,18,19). The molecule has 1 aromatic heterocycles. The summed E-state index contributed by atoms with van der Waals surface area (Å²) < 4.78 is 13.9. The van der Waals surface area contributed by atoms with E-state index in [0.29, 0.717) is 23.1 Å². The number of hydrogen-bond acceptors (Lipinski definition) is 3. The summed E-state index contributed by atoms with van der Waals surface area (Å²) in [7, 11) is 0. The summed E-state index contributed by atoms with van der Waals surface area (Å²) in [5, 5.41) is 3.62. The van der Waals surface area contributed by atoms with E-state index in [-0.39, 0.29) is 5.82 Å². The fourth-order valence-electron chi connectivity index (χ4n) is 1.65. The molecule has 2 rings (SSSR count). The van der Waals surface area contributed by atoms with Crippen molar-refractivity contribution in [2.24, 2.45) is 0 Å². The Labute approximate surface area is 116 Å². The molecule has 0 radical (unpaired) electrons. The molecule has 1 aromatic carbocycles. The van der Waals surface area contributed by atoms with Gasteiger partial charge in [0.05, 0.1) is 5.69 Å². The van der Waals surface area contributed by atoms with Crippen molar-refractivity contribution >= 4 is 17.4 Å². The number of aryl methyl sites for hydroxylation is 1. The van der Waals surface area contributed by atoms with Crippen LogP contribution < -0.4 is 5.32 Å². The van der Waals surface area contributed by atoms with Crippen LogP contribution in [0.15, 0.2) is 24.3 Å². The number of nitrogens with one attached hydrogen (secondary N) is 1. The zero-order valence-electron chi connectivity index (χ0n) is 10.9. The van der Waals surface area contributed by atoms with Gasteiger partial charge in [0, 0.05) is 17.1 Å². The average Bonchev–Trinajstić information content (AvgIpc) is 2.41. The van der Waals surface area contributed by atoms with Crippen LogP contribution in [0.4, 0.5) is 10.2 Å². The van der Waals surface area contributed by atoms with E-state index >= 15 is 0 Å². The number of benzene rings is 1. The molecule has 2 aromatic rings. The van der Waals surface area contributed by atoms with Gasteiger partial charge in [0.15, 0.2) is 17.5 Å². The van der Waals surface area contributed by atoms with Gasteiger partial charge < -0.3 is 5.32 Å². The first kappa shape index (κ1) is 13.7. The van der Waals surface area contributed by atoms with E-state index in [2.05, 4.69) is 15.3 Å². The number of rotatable bonds is 4. The Morgan fingerprint density at radius 3 is 2.53 bits per heavy atom. The van der Waals surface area contributed by atoms with E-state index in [1.54, 1.807) is 19.1 Å². The quantitative estimate of drug-likeness (QED) is 0.917. The minimum atomic E-state index is -0.397. The lowest BCUT2D eigenvalue weighted by Gasteiger charge is -2.09. The first-order valence-corrected chi connectivity index (χ1v) is 6.53. The maximum atomic E-state index is 13.9. The molecule has 19 heavy (non-hydrogen) atoms. The second kappa shape index (κ2) is 5.97. The fourth-order valence-corrected chi connectivity index (χ4v) is 1.77. The lowest BCUT2D eigenvalue weighted by molar-refractivity contribution is 0.605. The normalized spacial score (nSPS) is 10.5. The predicted octanol–water partition coefficient (Wildman–Crippen LogP) is 4.07. The van der Waals surface area contributed by atoms with Crippen LogP contribution in [0.1, 0.15) is 19.0 Å². The van der Waals surface area contributed by atoms with Gasteiger partial charge in [-0.25, -0.2) is 14.4 Å². The molecule has 0 saturated heterocycles. The van der Waals surface area contributed by atoms with Crippen LogP contribution in [-0.4, -0.2) is 16.5 Å². The van der Waals surface area contributed by atoms with E-state index in [9.17, 15) is 4.39 Å². The molecule has 0 aliphatic rings. The zero-order chi connectivity index (χ0) is 13.8. The molecule has 0 bridgehead atoms. The molecule has 0 amide bonds. The Bertz CT molecular complexity index is 570. The fraction of sp³-hybridized carbons (Fsp3) is 0.286. The van der Waals surface area contributed by atoms with Crippen molar-refractivity contribution in [3.05, 3.63) is 40.8 Å². The van der Waals surface area contributed by atoms with Crippen molar-refractivity contribution < 1.29 is 4.39 Å². The Kier molecular flexibility index (Phi) is 4.32. The summed E-state index contributed by atoms with van der Waals surface area (Å²) in [5.74, 6) is 0.347. The van der Waals surface area contributed by atoms with Crippen LogP contribution in [0.2, 0.25) is 5.02 Å². The smallest absolute Gasteiger partial charge is 0.186 e. The highest BCUT2D eigenvalue weighted by Gasteiger charge is 2.12. The van der Waals surface area contributed by atoms with Crippen LogP contribution in [0, 0.1) is 12.7 Å². The summed E-state index contributed by atoms with van der Waals surface area (Å²) in [5.41, 5.74) is 1.14. The molecule has 1 N–H and O–H groups in total. The second-order valence-electron chi connectivity index (χ2n) is 4.23. The molecule has 0 atom stereocenters. The summed E-state index contributed by atoms with van der Waals surface area (Å²) in [4.78, 5) is 8.40. The first-order valence-electron chi connectivity index (χ1n) is 6.15. The third-order valence-corrected chi connectivity index (χ3v) is 2.91. The summed E-state index contributed by atoms with van der Waals surface area (Å²) >= 11 is 5.84. The molecule has 0 aliphatic heterocycles. The highest BCUT2D eigenvalue weighted by atomic mass is 35.5. The van der Waals surface area contributed by atoms with E-state index in [4.69, 9.17) is 11.6 Å². The van der Waals surface area contributed by atoms with Crippen LogP contribution >= 0.6 is 11.6 Å². The predicted molar refractivity (Wildman–Crippen MR) is 76.0 cm³/mol. The van der Waals surface area contributed by atoms with Crippen LogP contribution in [-0.2, 0) is 0 Å². The maximum Gasteiger partial charge on any atom is 0.186 e. The minimum absolute atomic E-state index is 0.249. The van der Waals surface area contributed by atoms with E-state index in [1.165, 1.54) is 0 Å². The Balaban J connectivity index is 2.40. The molecule has 100 valence electrons. The molecule has 0 aliphatic carbocycles. The van der Waals surface area contributed by atoms with E-state index < -0.39 is 5.82 Å². The van der Waals surface area contributed by atoms with Gasteiger partial charge >= 0.3 is 0 Å². The number of nitrogens with zero attached hydrogens (tertiary/aromatic N) is 2. The molecule has 1 heterocycles. The van der Waals surface area contributed by atoms with Gasteiger partial charge in [0.25, 0.3) is 0 Å². The number of aromatic nitrogens is 2. The van der Waals surface area contributed by atoms with E-state index in [1.807, 2.05) is 19.1 Å². The van der Waals surface area contributed by atoms with Gasteiger partial charge in [0.2, 0.25) is 0 Å². The lowest BCUT2D eigenvalue weighted by atomic mass is 10.2. The molecule has 3 nitrogen and oxygen atoms in total. The highest BCUT2D eigenvalue weighted by molar-refractivity contribution is 6.30. The van der Waals surface area contributed by atoms with Gasteiger partial charge in [-0.1, -0.05) is 18.5 Å². The molecule has 0 unspecified atom stereocenters. The lowest BCUT2D eigenvalue weighted by Crippen LogP contribution is -2.08. The number of hydrogen-bond donors (Lipinski definition) is 1. The third-order valence-electron chi connectivity index (χ3n) is 2.66. The SMILES string of the molecule is CCCNc1nc(-c2ccc(Cl)cc2)nc(C)c1F. The Hall–Kier alpha value is -1.68. The van der Waals surface area contributed by atoms with Gasteiger partial charge in [0.1, 0.15) is 0 Å². The maximum absolute atomic E-state index is 13.9. The van der Waals surface area contributed by atoms with Crippen LogP contribution in [0.25, 0.3) is 11.4 Å². The zero-order valence-corrected chi connectivity index (χ0v) is 11.6. The average molecular weight is 280 g/mol. The first-order chi connectivity index (χ1) is 9.11. The molecule has 0 saturated carbocycles. The van der Waals surface area contributed by atoms with Crippen molar-refractivity contribution in [1.29, 1.82) is 0 Å². The molecular weight excluding hydrogens is 265 g/mol. The summed E-state index contributed by atoms with van der Waals surface area (Å²) in [6, 6.07) is 7.16. The number of halogens is 2. The van der Waals surface area contributed by atoms with Gasteiger partial charge in [-0.3, -0.25) is 0 Å². The Morgan fingerprint density at radius 1 is 1.21 bits per heavy atom.